The van der Waals surface area contributed by atoms with Crippen molar-refractivity contribution in [3.63, 3.8) is 0 Å². The molecule has 1 heterocycles. The van der Waals surface area contributed by atoms with E-state index in [1.54, 1.807) is 47.6 Å². The number of aliphatic hydroxyl groups is 3. The molecule has 5 N–H and O–H groups in total. The molecule has 18 nitrogen and oxygen atoms in total. The van der Waals surface area contributed by atoms with E-state index in [1.165, 1.54) is 13.8 Å². The van der Waals surface area contributed by atoms with Gasteiger partial charge in [-0.15, -0.1) is 0 Å². The molecule has 3 rings (SSSR count). The Morgan fingerprint density at radius 2 is 1.38 bits per heavy atom. The molecule has 0 unspecified atom stereocenters. The van der Waals surface area contributed by atoms with E-state index in [2.05, 4.69) is 17.6 Å². The van der Waals surface area contributed by atoms with Crippen LogP contribution in [0.2, 0.25) is 0 Å². The van der Waals surface area contributed by atoms with Crippen LogP contribution in [0.4, 0.5) is 4.79 Å². The fraction of sp³-hybridized carbons (Fsp3) is 0.780. The molecular formula is C50H80N2O16. The van der Waals surface area contributed by atoms with Gasteiger partial charge in [-0.1, -0.05) is 83.6 Å². The molecule has 0 radical (unpaired) electrons. The average Bonchev–Trinajstić information content (AvgIpc) is 3.58. The number of unbranched alkanes of at least 4 members (excludes halogenated alkanes) is 12. The number of esters is 5. The molecule has 0 bridgehead atoms. The van der Waals surface area contributed by atoms with Gasteiger partial charge in [0, 0.05) is 38.3 Å². The van der Waals surface area contributed by atoms with Crippen LogP contribution in [0.1, 0.15) is 178 Å². The van der Waals surface area contributed by atoms with E-state index in [9.17, 15) is 48.9 Å². The number of fused-ring (bicyclic) bond motifs is 3. The number of carbonyl (C=O) groups excluding carboxylic acids is 7. The molecule has 0 aromatic heterocycles. The molecule has 3 aliphatic rings. The first-order valence-corrected chi connectivity index (χ1v) is 24.5. The van der Waals surface area contributed by atoms with E-state index in [-0.39, 0.29) is 29.6 Å². The summed E-state index contributed by atoms with van der Waals surface area (Å²) in [6.45, 7) is 15.5. The van der Waals surface area contributed by atoms with Crippen molar-refractivity contribution in [2.24, 2.45) is 5.92 Å². The quantitative estimate of drug-likeness (QED) is 0.0218. The Balaban J connectivity index is 1.68. The van der Waals surface area contributed by atoms with Crippen LogP contribution in [0, 0.1) is 5.92 Å². The van der Waals surface area contributed by atoms with Crippen molar-refractivity contribution < 1.29 is 77.3 Å². The van der Waals surface area contributed by atoms with Crippen molar-refractivity contribution in [2.45, 2.75) is 231 Å². The number of hydrogen-bond acceptors (Lipinski definition) is 16. The first-order chi connectivity index (χ1) is 31.9. The Bertz CT molecular complexity index is 1840. The highest BCUT2D eigenvalue weighted by Gasteiger charge is 2.76. The monoisotopic (exact) mass is 965 g/mol. The van der Waals surface area contributed by atoms with Crippen molar-refractivity contribution in [3.8, 4) is 0 Å². The standard InChI is InChI=1S/C50H80N2O16/c1-11-13-14-20-23-27-37(56)64-41-39-38(32(4)40(41)65-44(58)31(3)12-2)42-50(62,49(10,61)45(59)66-42)35(29-48(39,9)67-33(5)54)63-36(55)26-24-21-18-16-15-17-19-22-25-28-51-43(57)34(30-53)52-46(60)68-47(6,7)8/h12,34-35,39-42,53,61-62H,11,13-30H2,1-10H3,(H,51,57)(H,52,60)/b31-12-/t34-,35-,39+,40-,41-,42-,48-,49+,50+/m0/s1. The summed E-state index contributed by atoms with van der Waals surface area (Å²) in [6, 6.07) is -1.11. The second-order valence-electron chi connectivity index (χ2n) is 19.9. The summed E-state index contributed by atoms with van der Waals surface area (Å²) in [4.78, 5) is 91.3. The minimum absolute atomic E-state index is 0.0489. The molecule has 1 aliphatic heterocycles. The van der Waals surface area contributed by atoms with Gasteiger partial charge in [0.1, 0.15) is 23.3 Å². The molecule has 2 amide bonds. The Hall–Kier alpha value is -4.55. The van der Waals surface area contributed by atoms with Crippen LogP contribution >= 0.6 is 0 Å². The van der Waals surface area contributed by atoms with Gasteiger partial charge in [0.15, 0.2) is 29.5 Å². The smallest absolute Gasteiger partial charge is 0.408 e. The lowest BCUT2D eigenvalue weighted by atomic mass is 9.75. The third-order valence-corrected chi connectivity index (χ3v) is 13.1. The molecule has 0 aromatic rings. The van der Waals surface area contributed by atoms with Crippen LogP contribution in [-0.2, 0) is 57.2 Å². The fourth-order valence-corrected chi connectivity index (χ4v) is 9.31. The summed E-state index contributed by atoms with van der Waals surface area (Å²) in [5.74, 6) is -5.68. The number of alkyl carbamates (subject to hydrolysis) is 1. The number of amides is 2. The highest BCUT2D eigenvalue weighted by atomic mass is 16.6. The Morgan fingerprint density at radius 1 is 0.838 bits per heavy atom. The molecule has 18 heteroatoms. The number of allylic oxidation sites excluding steroid dienone is 1. The summed E-state index contributed by atoms with van der Waals surface area (Å²) in [7, 11) is 0. The molecule has 1 saturated carbocycles. The summed E-state index contributed by atoms with van der Waals surface area (Å²) in [5, 5.41) is 39.2. The van der Waals surface area contributed by atoms with Crippen molar-refractivity contribution in [2.75, 3.05) is 13.2 Å². The largest absolute Gasteiger partial charge is 0.459 e. The minimum Gasteiger partial charge on any atom is -0.459 e. The molecule has 2 fully saturated rings. The molecule has 9 atom stereocenters. The van der Waals surface area contributed by atoms with Gasteiger partial charge < -0.3 is 54.4 Å². The van der Waals surface area contributed by atoms with E-state index in [4.69, 9.17) is 28.4 Å². The van der Waals surface area contributed by atoms with E-state index in [0.717, 1.165) is 77.6 Å². The van der Waals surface area contributed by atoms with Gasteiger partial charge in [-0.25, -0.2) is 14.4 Å². The summed E-state index contributed by atoms with van der Waals surface area (Å²) in [6.07, 6.45) is 5.97. The zero-order chi connectivity index (χ0) is 51.0. The number of aliphatic hydroxyl groups excluding tert-OH is 1. The maximum Gasteiger partial charge on any atom is 0.408 e. The van der Waals surface area contributed by atoms with Gasteiger partial charge in [-0.3, -0.25) is 19.2 Å². The Kier molecular flexibility index (Phi) is 22.0. The number of nitrogens with one attached hydrogen (secondary N) is 2. The van der Waals surface area contributed by atoms with Gasteiger partial charge >= 0.3 is 35.9 Å². The van der Waals surface area contributed by atoms with Crippen molar-refractivity contribution >= 4 is 41.8 Å². The van der Waals surface area contributed by atoms with E-state index in [1.807, 2.05) is 0 Å². The number of ether oxygens (including phenoxy) is 6. The van der Waals surface area contributed by atoms with Gasteiger partial charge in [0.25, 0.3) is 0 Å². The predicted octanol–water partition coefficient (Wildman–Crippen LogP) is 6.03. The minimum atomic E-state index is -2.64. The normalized spacial score (nSPS) is 27.2. The molecule has 1 saturated heterocycles. The molecule has 2 aliphatic carbocycles. The number of rotatable bonds is 26. The zero-order valence-electron chi connectivity index (χ0n) is 42.1. The van der Waals surface area contributed by atoms with E-state index in [0.29, 0.717) is 25.8 Å². The SMILES string of the molecule is C/C=C(/C)C(=O)O[C@H]1C(C)=C2[C@H]([C@@H]1OC(=O)CCCCCCC)[C@@](C)(OC(C)=O)C[C@H](OC(=O)CCCCCCCCCCCNC(=O)[C@H](CO)NC(=O)OC(C)(C)C)[C@@]1(O)[C@H]2OC(=O)[C@@]1(C)O. The second-order valence-corrected chi connectivity index (χ2v) is 19.9. The lowest BCUT2D eigenvalue weighted by Crippen LogP contribution is -2.64. The maximum atomic E-state index is 13.6. The van der Waals surface area contributed by atoms with Gasteiger partial charge in [0.05, 0.1) is 12.5 Å². The van der Waals surface area contributed by atoms with Crippen LogP contribution in [0.15, 0.2) is 22.8 Å². The van der Waals surface area contributed by atoms with Crippen LogP contribution in [0.25, 0.3) is 0 Å². The number of carbonyl (C=O) groups is 7. The van der Waals surface area contributed by atoms with Gasteiger partial charge in [-0.05, 0) is 85.8 Å². The second kappa shape index (κ2) is 25.9. The maximum absolute atomic E-state index is 13.6. The average molecular weight is 965 g/mol. The lowest BCUT2D eigenvalue weighted by molar-refractivity contribution is -0.212. The van der Waals surface area contributed by atoms with Crippen molar-refractivity contribution in [3.05, 3.63) is 22.8 Å². The summed E-state index contributed by atoms with van der Waals surface area (Å²) < 4.78 is 35.1. The third-order valence-electron chi connectivity index (χ3n) is 13.1. The molecule has 0 spiro atoms. The first-order valence-electron chi connectivity index (χ1n) is 24.5. The van der Waals surface area contributed by atoms with Crippen LogP contribution in [-0.4, -0.2) is 123 Å². The first kappa shape index (κ1) is 57.8. The molecular weight excluding hydrogens is 885 g/mol. The fourth-order valence-electron chi connectivity index (χ4n) is 9.31. The van der Waals surface area contributed by atoms with Crippen LogP contribution in [0.3, 0.4) is 0 Å². The van der Waals surface area contributed by atoms with Crippen molar-refractivity contribution in [1.29, 1.82) is 0 Å². The van der Waals surface area contributed by atoms with Gasteiger partial charge in [0.2, 0.25) is 5.91 Å². The summed E-state index contributed by atoms with van der Waals surface area (Å²) >= 11 is 0. The van der Waals surface area contributed by atoms with Gasteiger partial charge in [-0.2, -0.15) is 0 Å². The van der Waals surface area contributed by atoms with E-state index < -0.39 is 114 Å². The van der Waals surface area contributed by atoms with Crippen LogP contribution in [0.5, 0.6) is 0 Å². The predicted molar refractivity (Wildman–Crippen MR) is 248 cm³/mol. The summed E-state index contributed by atoms with van der Waals surface area (Å²) in [5.41, 5.74) is -7.13. The molecule has 386 valence electrons. The molecule has 68 heavy (non-hydrogen) atoms. The number of hydrogen-bond donors (Lipinski definition) is 5. The highest BCUT2D eigenvalue weighted by molar-refractivity contribution is 5.88. The third kappa shape index (κ3) is 15.2. The van der Waals surface area contributed by atoms with Crippen LogP contribution < -0.4 is 10.6 Å². The highest BCUT2D eigenvalue weighted by Crippen LogP contribution is 2.57. The topological polar surface area (TPSA) is 260 Å². The lowest BCUT2D eigenvalue weighted by Gasteiger charge is -2.41. The molecule has 0 aromatic carbocycles. The Morgan fingerprint density at radius 3 is 1.91 bits per heavy atom. The van der Waals surface area contributed by atoms with E-state index >= 15 is 0 Å². The van der Waals surface area contributed by atoms with Crippen molar-refractivity contribution in [1.82, 2.24) is 10.6 Å². The zero-order valence-corrected chi connectivity index (χ0v) is 42.1. The Labute approximate surface area is 402 Å².